The lowest BCUT2D eigenvalue weighted by atomic mass is 9.91. The molecule has 2 unspecified atom stereocenters. The zero-order chi connectivity index (χ0) is 9.97. The van der Waals surface area contributed by atoms with Crippen molar-refractivity contribution in [1.29, 1.82) is 0 Å². The van der Waals surface area contributed by atoms with Crippen LogP contribution in [0.2, 0.25) is 0 Å². The Kier molecular flexibility index (Phi) is 2.67. The fourth-order valence-electron chi connectivity index (χ4n) is 1.95. The minimum atomic E-state index is 0.263. The minimum Gasteiger partial charge on any atom is -0.365 e. The van der Waals surface area contributed by atoms with E-state index in [4.69, 9.17) is 5.73 Å². The lowest BCUT2D eigenvalue weighted by molar-refractivity contribution is 0.402. The van der Waals surface area contributed by atoms with Crippen molar-refractivity contribution in [2.45, 2.75) is 37.8 Å². The molecule has 1 aromatic heterocycles. The van der Waals surface area contributed by atoms with Crippen molar-refractivity contribution in [2.75, 3.05) is 5.32 Å². The summed E-state index contributed by atoms with van der Waals surface area (Å²) in [5.41, 5.74) is 6.03. The van der Waals surface area contributed by atoms with Crippen molar-refractivity contribution in [3.63, 3.8) is 0 Å². The van der Waals surface area contributed by atoms with E-state index >= 15 is 0 Å². The van der Waals surface area contributed by atoms with Crippen molar-refractivity contribution in [2.24, 2.45) is 12.8 Å². The summed E-state index contributed by atoms with van der Waals surface area (Å²) in [4.78, 5) is 0. The Morgan fingerprint density at radius 3 is 2.93 bits per heavy atom. The standard InChI is InChI=1S/C9H17N5/c1-14-9(6-11-13-14)12-8-5-3-2-4-7(8)10/h6-8,12H,2-5,10H2,1H3. The molecule has 2 rings (SSSR count). The Hall–Kier alpha value is -1.10. The summed E-state index contributed by atoms with van der Waals surface area (Å²) >= 11 is 0. The highest BCUT2D eigenvalue weighted by Crippen LogP contribution is 2.20. The maximum atomic E-state index is 6.03. The molecular weight excluding hydrogens is 178 g/mol. The molecule has 0 spiro atoms. The van der Waals surface area contributed by atoms with Crippen LogP contribution in [0.3, 0.4) is 0 Å². The number of anilines is 1. The molecule has 0 saturated heterocycles. The van der Waals surface area contributed by atoms with Gasteiger partial charge in [-0.15, -0.1) is 5.10 Å². The summed E-state index contributed by atoms with van der Waals surface area (Å²) in [6.07, 6.45) is 6.51. The van der Waals surface area contributed by atoms with Gasteiger partial charge in [-0.3, -0.25) is 0 Å². The smallest absolute Gasteiger partial charge is 0.144 e. The van der Waals surface area contributed by atoms with Gasteiger partial charge in [0.15, 0.2) is 0 Å². The van der Waals surface area contributed by atoms with Gasteiger partial charge in [0.1, 0.15) is 5.82 Å². The van der Waals surface area contributed by atoms with Crippen LogP contribution in [-0.4, -0.2) is 27.1 Å². The molecule has 14 heavy (non-hydrogen) atoms. The largest absolute Gasteiger partial charge is 0.365 e. The minimum absolute atomic E-state index is 0.263. The average Bonchev–Trinajstić information content (AvgIpc) is 2.56. The van der Waals surface area contributed by atoms with E-state index < -0.39 is 0 Å². The molecule has 1 aliphatic rings. The molecule has 1 fully saturated rings. The highest BCUT2D eigenvalue weighted by atomic mass is 15.4. The maximum Gasteiger partial charge on any atom is 0.144 e. The molecule has 0 aromatic carbocycles. The number of hydrogen-bond acceptors (Lipinski definition) is 4. The van der Waals surface area contributed by atoms with Gasteiger partial charge in [-0.25, -0.2) is 4.68 Å². The van der Waals surface area contributed by atoms with Crippen LogP contribution in [0, 0.1) is 0 Å². The molecule has 0 aliphatic heterocycles. The molecular formula is C9H17N5. The van der Waals surface area contributed by atoms with Crippen molar-refractivity contribution in [1.82, 2.24) is 15.0 Å². The second-order valence-corrected chi connectivity index (χ2v) is 3.94. The SMILES string of the molecule is Cn1nncc1NC1CCCCC1N. The Morgan fingerprint density at radius 2 is 2.29 bits per heavy atom. The van der Waals surface area contributed by atoms with E-state index in [-0.39, 0.29) is 6.04 Å². The van der Waals surface area contributed by atoms with Crippen LogP contribution in [0.15, 0.2) is 6.20 Å². The summed E-state index contributed by atoms with van der Waals surface area (Å²) in [6, 6.07) is 0.639. The van der Waals surface area contributed by atoms with Gasteiger partial charge in [0.2, 0.25) is 0 Å². The maximum absolute atomic E-state index is 6.03. The van der Waals surface area contributed by atoms with E-state index in [1.165, 1.54) is 12.8 Å². The molecule has 1 aliphatic carbocycles. The van der Waals surface area contributed by atoms with Crippen molar-refractivity contribution in [3.8, 4) is 0 Å². The Bertz CT molecular complexity index is 295. The summed E-state index contributed by atoms with van der Waals surface area (Å²) in [6.45, 7) is 0. The average molecular weight is 195 g/mol. The molecule has 0 amide bonds. The van der Waals surface area contributed by atoms with Gasteiger partial charge < -0.3 is 11.1 Å². The van der Waals surface area contributed by atoms with E-state index in [0.717, 1.165) is 18.7 Å². The normalized spacial score (nSPS) is 27.6. The number of aromatic nitrogens is 3. The van der Waals surface area contributed by atoms with Crippen LogP contribution in [0.5, 0.6) is 0 Å². The van der Waals surface area contributed by atoms with Gasteiger partial charge in [0.05, 0.1) is 6.20 Å². The van der Waals surface area contributed by atoms with Crippen LogP contribution in [0.1, 0.15) is 25.7 Å². The molecule has 0 radical (unpaired) electrons. The topological polar surface area (TPSA) is 68.8 Å². The van der Waals surface area contributed by atoms with E-state index in [9.17, 15) is 0 Å². The van der Waals surface area contributed by atoms with Crippen LogP contribution < -0.4 is 11.1 Å². The summed E-state index contributed by atoms with van der Waals surface area (Å²) in [5, 5.41) is 11.1. The van der Waals surface area contributed by atoms with Gasteiger partial charge in [0.25, 0.3) is 0 Å². The van der Waals surface area contributed by atoms with Crippen molar-refractivity contribution >= 4 is 5.82 Å². The van der Waals surface area contributed by atoms with E-state index in [1.807, 2.05) is 7.05 Å². The van der Waals surface area contributed by atoms with Gasteiger partial charge in [0, 0.05) is 19.1 Å². The third-order valence-corrected chi connectivity index (χ3v) is 2.87. The molecule has 1 saturated carbocycles. The first-order chi connectivity index (χ1) is 6.77. The van der Waals surface area contributed by atoms with Crippen LogP contribution in [0.4, 0.5) is 5.82 Å². The quantitative estimate of drug-likeness (QED) is 0.721. The highest BCUT2D eigenvalue weighted by molar-refractivity contribution is 5.32. The van der Waals surface area contributed by atoms with Gasteiger partial charge >= 0.3 is 0 Å². The molecule has 1 heterocycles. The number of hydrogen-bond donors (Lipinski definition) is 2. The number of nitrogens with zero attached hydrogens (tertiary/aromatic N) is 3. The number of nitrogens with two attached hydrogens (primary N) is 1. The first kappa shape index (κ1) is 9.45. The Labute approximate surface area is 83.7 Å². The Morgan fingerprint density at radius 1 is 1.50 bits per heavy atom. The third kappa shape index (κ3) is 1.87. The molecule has 2 atom stereocenters. The van der Waals surface area contributed by atoms with E-state index in [0.29, 0.717) is 6.04 Å². The van der Waals surface area contributed by atoms with E-state index in [2.05, 4.69) is 15.6 Å². The zero-order valence-electron chi connectivity index (χ0n) is 8.48. The predicted octanol–water partition coefficient (Wildman–Crippen LogP) is 0.497. The second kappa shape index (κ2) is 3.96. The molecule has 0 bridgehead atoms. The second-order valence-electron chi connectivity index (χ2n) is 3.94. The van der Waals surface area contributed by atoms with Crippen LogP contribution in [0.25, 0.3) is 0 Å². The van der Waals surface area contributed by atoms with E-state index in [1.54, 1.807) is 10.9 Å². The van der Waals surface area contributed by atoms with Crippen molar-refractivity contribution in [3.05, 3.63) is 6.20 Å². The number of rotatable bonds is 2. The Balaban J connectivity index is 1.99. The monoisotopic (exact) mass is 195 g/mol. The molecule has 1 aromatic rings. The predicted molar refractivity (Wildman–Crippen MR) is 54.9 cm³/mol. The fourth-order valence-corrected chi connectivity index (χ4v) is 1.95. The molecule has 5 heteroatoms. The molecule has 3 N–H and O–H groups in total. The highest BCUT2D eigenvalue weighted by Gasteiger charge is 2.22. The first-order valence-corrected chi connectivity index (χ1v) is 5.14. The van der Waals surface area contributed by atoms with Gasteiger partial charge in [-0.2, -0.15) is 0 Å². The lowest BCUT2D eigenvalue weighted by Crippen LogP contribution is -2.42. The molecule has 5 nitrogen and oxygen atoms in total. The van der Waals surface area contributed by atoms with Gasteiger partial charge in [-0.05, 0) is 12.8 Å². The number of aryl methyl sites for hydroxylation is 1. The van der Waals surface area contributed by atoms with Gasteiger partial charge in [-0.1, -0.05) is 18.1 Å². The third-order valence-electron chi connectivity index (χ3n) is 2.87. The summed E-state index contributed by atoms with van der Waals surface area (Å²) in [7, 11) is 1.88. The summed E-state index contributed by atoms with van der Waals surface area (Å²) < 4.78 is 1.74. The first-order valence-electron chi connectivity index (χ1n) is 5.14. The summed E-state index contributed by atoms with van der Waals surface area (Å²) in [5.74, 6) is 0.951. The van der Waals surface area contributed by atoms with Crippen molar-refractivity contribution < 1.29 is 0 Å². The van der Waals surface area contributed by atoms with Crippen LogP contribution in [-0.2, 0) is 7.05 Å². The zero-order valence-corrected chi connectivity index (χ0v) is 8.48. The molecule has 78 valence electrons. The lowest BCUT2D eigenvalue weighted by Gasteiger charge is -2.29. The van der Waals surface area contributed by atoms with Crippen LogP contribution >= 0.6 is 0 Å². The number of nitrogens with one attached hydrogen (secondary N) is 1. The fraction of sp³-hybridized carbons (Fsp3) is 0.778.